The highest BCUT2D eigenvalue weighted by molar-refractivity contribution is 7.07. The topological polar surface area (TPSA) is 20.2 Å². The first-order valence-electron chi connectivity index (χ1n) is 5.48. The Balaban J connectivity index is 2.30. The van der Waals surface area contributed by atoms with Gasteiger partial charge in [0.25, 0.3) is 0 Å². The number of hydrogen-bond acceptors (Lipinski definition) is 2. The van der Waals surface area contributed by atoms with E-state index in [4.69, 9.17) is 0 Å². The maximum absolute atomic E-state index is 10.2. The van der Waals surface area contributed by atoms with Crippen molar-refractivity contribution < 1.29 is 5.11 Å². The zero-order chi connectivity index (χ0) is 11.5. The van der Waals surface area contributed by atoms with Crippen LogP contribution in [0.15, 0.2) is 41.1 Å². The van der Waals surface area contributed by atoms with Crippen molar-refractivity contribution in [2.24, 2.45) is 0 Å². The van der Waals surface area contributed by atoms with Crippen molar-refractivity contribution in [3.8, 4) is 0 Å². The molecule has 0 saturated heterocycles. The number of aliphatic hydroxyl groups is 1. The molecule has 0 radical (unpaired) electrons. The van der Waals surface area contributed by atoms with Crippen LogP contribution in [-0.2, 0) is 0 Å². The summed E-state index contributed by atoms with van der Waals surface area (Å²) in [6, 6.07) is 10.2. The van der Waals surface area contributed by atoms with Crippen molar-refractivity contribution in [2.75, 3.05) is 0 Å². The number of thiophene rings is 1. The Morgan fingerprint density at radius 3 is 2.44 bits per heavy atom. The van der Waals surface area contributed by atoms with Gasteiger partial charge in [0.05, 0.1) is 0 Å². The Morgan fingerprint density at radius 2 is 1.81 bits per heavy atom. The van der Waals surface area contributed by atoms with Gasteiger partial charge in [0.1, 0.15) is 6.10 Å². The third kappa shape index (κ3) is 2.34. The van der Waals surface area contributed by atoms with Gasteiger partial charge in [-0.3, -0.25) is 0 Å². The molecule has 0 aliphatic rings. The van der Waals surface area contributed by atoms with Crippen molar-refractivity contribution in [1.29, 1.82) is 0 Å². The predicted molar refractivity (Wildman–Crippen MR) is 68.9 cm³/mol. The minimum Gasteiger partial charge on any atom is -0.384 e. The Bertz CT molecular complexity index is 446. The van der Waals surface area contributed by atoms with Gasteiger partial charge in [-0.15, -0.1) is 0 Å². The molecule has 0 bridgehead atoms. The van der Waals surface area contributed by atoms with Gasteiger partial charge < -0.3 is 5.11 Å². The Kier molecular flexibility index (Phi) is 3.42. The van der Waals surface area contributed by atoms with Gasteiger partial charge in [-0.2, -0.15) is 11.3 Å². The van der Waals surface area contributed by atoms with Crippen LogP contribution in [0.2, 0.25) is 0 Å². The van der Waals surface area contributed by atoms with E-state index in [0.717, 1.165) is 11.1 Å². The molecule has 0 fully saturated rings. The fourth-order valence-electron chi connectivity index (χ4n) is 1.71. The van der Waals surface area contributed by atoms with Crippen molar-refractivity contribution in [2.45, 2.75) is 25.9 Å². The highest BCUT2D eigenvalue weighted by atomic mass is 32.1. The average molecular weight is 232 g/mol. The highest BCUT2D eigenvalue weighted by Gasteiger charge is 2.11. The largest absolute Gasteiger partial charge is 0.384 e. The summed E-state index contributed by atoms with van der Waals surface area (Å²) in [6.07, 6.45) is -0.495. The summed E-state index contributed by atoms with van der Waals surface area (Å²) >= 11 is 1.61. The highest BCUT2D eigenvalue weighted by Crippen LogP contribution is 2.26. The van der Waals surface area contributed by atoms with Gasteiger partial charge >= 0.3 is 0 Å². The van der Waals surface area contributed by atoms with E-state index in [-0.39, 0.29) is 0 Å². The third-order valence-electron chi connectivity index (χ3n) is 2.75. The maximum atomic E-state index is 10.2. The lowest BCUT2D eigenvalue weighted by Crippen LogP contribution is -1.99. The normalized spacial score (nSPS) is 13.0. The predicted octanol–water partition coefficient (Wildman–Crippen LogP) is 3.95. The van der Waals surface area contributed by atoms with Crippen LogP contribution in [-0.4, -0.2) is 5.11 Å². The van der Waals surface area contributed by atoms with E-state index in [9.17, 15) is 5.11 Å². The van der Waals surface area contributed by atoms with E-state index in [1.807, 2.05) is 29.0 Å². The molecule has 1 heterocycles. The lowest BCUT2D eigenvalue weighted by atomic mass is 9.97. The summed E-state index contributed by atoms with van der Waals surface area (Å²) in [7, 11) is 0. The van der Waals surface area contributed by atoms with Gasteiger partial charge in [0, 0.05) is 0 Å². The molecule has 0 saturated carbocycles. The van der Waals surface area contributed by atoms with Gasteiger partial charge in [-0.1, -0.05) is 38.1 Å². The molecule has 1 nitrogen and oxygen atoms in total. The molecule has 16 heavy (non-hydrogen) atoms. The van der Waals surface area contributed by atoms with Crippen LogP contribution in [0.4, 0.5) is 0 Å². The van der Waals surface area contributed by atoms with E-state index in [2.05, 4.69) is 26.0 Å². The van der Waals surface area contributed by atoms with Crippen LogP contribution in [0, 0.1) is 0 Å². The summed E-state index contributed by atoms with van der Waals surface area (Å²) in [5, 5.41) is 14.2. The van der Waals surface area contributed by atoms with Crippen LogP contribution >= 0.6 is 11.3 Å². The molecule has 1 N–H and O–H groups in total. The molecule has 2 rings (SSSR count). The zero-order valence-corrected chi connectivity index (χ0v) is 10.4. The van der Waals surface area contributed by atoms with E-state index < -0.39 is 6.10 Å². The SMILES string of the molecule is CC(C)c1cccc([C@@H](O)c2ccsc2)c1. The van der Waals surface area contributed by atoms with Gasteiger partial charge in [-0.05, 0) is 39.4 Å². The third-order valence-corrected chi connectivity index (χ3v) is 3.45. The average Bonchev–Trinajstić information content (AvgIpc) is 2.81. The molecule has 1 aromatic carbocycles. The quantitative estimate of drug-likeness (QED) is 0.849. The van der Waals surface area contributed by atoms with E-state index in [1.54, 1.807) is 11.3 Å². The van der Waals surface area contributed by atoms with Gasteiger partial charge in [0.2, 0.25) is 0 Å². The minimum atomic E-state index is -0.495. The van der Waals surface area contributed by atoms with Crippen LogP contribution in [0.1, 0.15) is 42.6 Å². The van der Waals surface area contributed by atoms with Gasteiger partial charge in [0.15, 0.2) is 0 Å². The van der Waals surface area contributed by atoms with E-state index in [1.165, 1.54) is 5.56 Å². The molecule has 1 aromatic heterocycles. The van der Waals surface area contributed by atoms with Crippen molar-refractivity contribution >= 4 is 11.3 Å². The van der Waals surface area contributed by atoms with Crippen LogP contribution in [0.3, 0.4) is 0 Å². The van der Waals surface area contributed by atoms with Crippen molar-refractivity contribution in [1.82, 2.24) is 0 Å². The second kappa shape index (κ2) is 4.81. The first-order chi connectivity index (χ1) is 7.68. The number of benzene rings is 1. The summed E-state index contributed by atoms with van der Waals surface area (Å²) in [4.78, 5) is 0. The lowest BCUT2D eigenvalue weighted by Gasteiger charge is -2.12. The molecule has 0 amide bonds. The van der Waals surface area contributed by atoms with Crippen LogP contribution in [0.5, 0.6) is 0 Å². The zero-order valence-electron chi connectivity index (χ0n) is 9.55. The summed E-state index contributed by atoms with van der Waals surface area (Å²) in [6.45, 7) is 4.33. The molecule has 0 unspecified atom stereocenters. The molecule has 1 atom stereocenters. The summed E-state index contributed by atoms with van der Waals surface area (Å²) in [5.41, 5.74) is 3.22. The number of rotatable bonds is 3. The van der Waals surface area contributed by atoms with Gasteiger partial charge in [-0.25, -0.2) is 0 Å². The molecular weight excluding hydrogens is 216 g/mol. The molecule has 0 aliphatic carbocycles. The minimum absolute atomic E-state index is 0.495. The molecule has 0 spiro atoms. The monoisotopic (exact) mass is 232 g/mol. The second-order valence-electron chi connectivity index (χ2n) is 4.28. The van der Waals surface area contributed by atoms with E-state index >= 15 is 0 Å². The molecule has 0 aliphatic heterocycles. The van der Waals surface area contributed by atoms with Crippen LogP contribution in [0.25, 0.3) is 0 Å². The fraction of sp³-hybridized carbons (Fsp3) is 0.286. The second-order valence-corrected chi connectivity index (χ2v) is 5.06. The first-order valence-corrected chi connectivity index (χ1v) is 6.43. The number of aliphatic hydroxyl groups excluding tert-OH is 1. The smallest absolute Gasteiger partial charge is 0.105 e. The Morgan fingerprint density at radius 1 is 1.06 bits per heavy atom. The molecule has 2 aromatic rings. The molecular formula is C14H16OS. The van der Waals surface area contributed by atoms with Crippen molar-refractivity contribution in [3.05, 3.63) is 57.8 Å². The maximum Gasteiger partial charge on any atom is 0.105 e. The lowest BCUT2D eigenvalue weighted by molar-refractivity contribution is 0.220. The Hall–Kier alpha value is -1.12. The molecule has 84 valence electrons. The standard InChI is InChI=1S/C14H16OS/c1-10(2)11-4-3-5-12(8-11)14(15)13-6-7-16-9-13/h3-10,14-15H,1-2H3/t14-/m1/s1. The van der Waals surface area contributed by atoms with Crippen molar-refractivity contribution in [3.63, 3.8) is 0 Å². The first kappa shape index (κ1) is 11.4. The molecule has 2 heteroatoms. The summed E-state index contributed by atoms with van der Waals surface area (Å²) in [5.74, 6) is 0.495. The summed E-state index contributed by atoms with van der Waals surface area (Å²) < 4.78 is 0. The van der Waals surface area contributed by atoms with E-state index in [0.29, 0.717) is 5.92 Å². The van der Waals surface area contributed by atoms with Crippen LogP contribution < -0.4 is 0 Å². The Labute approximate surface area is 100 Å². The number of hydrogen-bond donors (Lipinski definition) is 1. The fourth-order valence-corrected chi connectivity index (χ4v) is 2.39.